The number of benzene rings is 1. The van der Waals surface area contributed by atoms with Crippen molar-refractivity contribution in [2.45, 2.75) is 51.0 Å². The van der Waals surface area contributed by atoms with Gasteiger partial charge in [0.1, 0.15) is 6.04 Å². The Labute approximate surface area is 145 Å². The number of rotatable bonds is 3. The minimum atomic E-state index is 0.545. The van der Waals surface area contributed by atoms with Gasteiger partial charge in [0.15, 0.2) is 5.11 Å². The molecule has 1 aliphatic carbocycles. The molecule has 1 aliphatic heterocycles. The van der Waals surface area contributed by atoms with Gasteiger partial charge in [0.25, 0.3) is 0 Å². The normalized spacial score (nSPS) is 22.0. The van der Waals surface area contributed by atoms with Crippen LogP contribution in [0.25, 0.3) is 0 Å². The Morgan fingerprint density at radius 3 is 2.30 bits per heavy atom. The molecule has 3 nitrogen and oxygen atoms in total. The predicted octanol–water partition coefficient (Wildman–Crippen LogP) is 2.24. The topological polar surface area (TPSA) is 33.7 Å². The molecule has 1 atom stereocenters. The van der Waals surface area contributed by atoms with E-state index in [1.54, 1.807) is 10.5 Å². The molecular weight excluding hydrogens is 302 g/mol. The fourth-order valence-electron chi connectivity index (χ4n) is 4.18. The van der Waals surface area contributed by atoms with Crippen molar-refractivity contribution in [3.8, 4) is 0 Å². The highest BCUT2D eigenvalue weighted by Gasteiger charge is 2.26. The first kappa shape index (κ1) is 16.7. The van der Waals surface area contributed by atoms with E-state index >= 15 is 0 Å². The molecule has 1 saturated heterocycles. The molecule has 0 aromatic heterocycles. The van der Waals surface area contributed by atoms with E-state index in [9.17, 15) is 0 Å². The van der Waals surface area contributed by atoms with Crippen molar-refractivity contribution in [2.24, 2.45) is 5.73 Å². The molecule has 3 rings (SSSR count). The Morgan fingerprint density at radius 1 is 1.13 bits per heavy atom. The fourth-order valence-corrected chi connectivity index (χ4v) is 4.36. The Balaban J connectivity index is 1.59. The Kier molecular flexibility index (Phi) is 5.54. The summed E-state index contributed by atoms with van der Waals surface area (Å²) in [6.45, 7) is 6.54. The first-order chi connectivity index (χ1) is 11.1. The quantitative estimate of drug-likeness (QED) is 0.833. The van der Waals surface area contributed by atoms with Crippen LogP contribution in [0.5, 0.6) is 0 Å². The predicted molar refractivity (Wildman–Crippen MR) is 99.7 cm³/mol. The number of nitrogens with zero attached hydrogens (tertiary/aromatic N) is 1. The van der Waals surface area contributed by atoms with Gasteiger partial charge in [0, 0.05) is 5.56 Å². The van der Waals surface area contributed by atoms with Crippen LogP contribution in [0.4, 0.5) is 0 Å². The molecule has 1 aromatic carbocycles. The maximum atomic E-state index is 5.74. The van der Waals surface area contributed by atoms with E-state index < -0.39 is 0 Å². The number of thiocarbonyl (C=S) groups is 1. The van der Waals surface area contributed by atoms with Gasteiger partial charge in [0.05, 0.1) is 26.2 Å². The molecule has 0 amide bonds. The lowest BCUT2D eigenvalue weighted by Gasteiger charge is -2.35. The summed E-state index contributed by atoms with van der Waals surface area (Å²) in [5.41, 5.74) is 8.75. The highest BCUT2D eigenvalue weighted by atomic mass is 32.1. The molecule has 2 fully saturated rings. The molecule has 23 heavy (non-hydrogen) atoms. The standard InChI is InChI=1S/C19H29N3S/c1-15(21-11-13-22(14-12-21)19(20)23)16-7-9-18(10-8-16)17-5-3-2-4-6-17/h7-10,15,17H,2-6,11-14H2,1H3,(H2,20,23)/p+1/t15-/m0/s1. The summed E-state index contributed by atoms with van der Waals surface area (Å²) in [6, 6.07) is 10.0. The maximum absolute atomic E-state index is 5.74. The summed E-state index contributed by atoms with van der Waals surface area (Å²) in [5, 5.41) is 0.550. The van der Waals surface area contributed by atoms with E-state index in [0.29, 0.717) is 11.2 Å². The monoisotopic (exact) mass is 332 g/mol. The van der Waals surface area contributed by atoms with Crippen molar-refractivity contribution < 1.29 is 4.90 Å². The minimum Gasteiger partial charge on any atom is -0.376 e. The van der Waals surface area contributed by atoms with Crippen molar-refractivity contribution in [1.29, 1.82) is 0 Å². The number of piperazine rings is 1. The maximum Gasteiger partial charge on any atom is 0.166 e. The highest BCUT2D eigenvalue weighted by Crippen LogP contribution is 2.32. The summed E-state index contributed by atoms with van der Waals surface area (Å²) in [4.78, 5) is 3.76. The van der Waals surface area contributed by atoms with Gasteiger partial charge in [-0.2, -0.15) is 0 Å². The molecule has 1 saturated carbocycles. The van der Waals surface area contributed by atoms with E-state index in [1.807, 2.05) is 0 Å². The molecule has 4 heteroatoms. The lowest BCUT2D eigenvalue weighted by atomic mass is 9.83. The lowest BCUT2D eigenvalue weighted by Crippen LogP contribution is -3.14. The summed E-state index contributed by atoms with van der Waals surface area (Å²) in [5.74, 6) is 0.801. The lowest BCUT2D eigenvalue weighted by molar-refractivity contribution is -0.933. The fraction of sp³-hybridized carbons (Fsp3) is 0.632. The molecule has 0 bridgehead atoms. The third-order valence-corrected chi connectivity index (χ3v) is 6.10. The zero-order chi connectivity index (χ0) is 16.2. The van der Waals surface area contributed by atoms with Gasteiger partial charge in [0.2, 0.25) is 0 Å². The second kappa shape index (κ2) is 7.63. The number of quaternary nitrogens is 1. The van der Waals surface area contributed by atoms with Crippen LogP contribution in [0.1, 0.15) is 62.1 Å². The second-order valence-corrected chi connectivity index (χ2v) is 7.63. The van der Waals surface area contributed by atoms with Crippen LogP contribution in [0.15, 0.2) is 24.3 Å². The van der Waals surface area contributed by atoms with Gasteiger partial charge in [-0.1, -0.05) is 43.5 Å². The van der Waals surface area contributed by atoms with Crippen LogP contribution < -0.4 is 10.6 Å². The first-order valence-electron chi connectivity index (χ1n) is 9.14. The number of hydrogen-bond donors (Lipinski definition) is 2. The van der Waals surface area contributed by atoms with Crippen LogP contribution in [-0.2, 0) is 0 Å². The van der Waals surface area contributed by atoms with E-state index in [4.69, 9.17) is 18.0 Å². The molecule has 1 aromatic rings. The first-order valence-corrected chi connectivity index (χ1v) is 9.55. The molecular formula is C19H30N3S+. The smallest absolute Gasteiger partial charge is 0.166 e. The van der Waals surface area contributed by atoms with E-state index in [1.165, 1.54) is 37.7 Å². The third-order valence-electron chi connectivity index (χ3n) is 5.84. The summed E-state index contributed by atoms with van der Waals surface area (Å²) >= 11 is 5.08. The van der Waals surface area contributed by atoms with Crippen LogP contribution in [0.2, 0.25) is 0 Å². The van der Waals surface area contributed by atoms with Gasteiger partial charge >= 0.3 is 0 Å². The van der Waals surface area contributed by atoms with E-state index in [0.717, 1.165) is 32.1 Å². The Hall–Kier alpha value is -1.13. The third kappa shape index (κ3) is 4.04. The van der Waals surface area contributed by atoms with Crippen molar-refractivity contribution in [3.63, 3.8) is 0 Å². The molecule has 126 valence electrons. The van der Waals surface area contributed by atoms with Crippen molar-refractivity contribution in [2.75, 3.05) is 26.2 Å². The van der Waals surface area contributed by atoms with Crippen LogP contribution in [0, 0.1) is 0 Å². The summed E-state index contributed by atoms with van der Waals surface area (Å²) < 4.78 is 0. The van der Waals surface area contributed by atoms with Crippen molar-refractivity contribution in [3.05, 3.63) is 35.4 Å². The molecule has 2 aliphatic rings. The highest BCUT2D eigenvalue weighted by molar-refractivity contribution is 7.80. The van der Waals surface area contributed by atoms with Gasteiger partial charge in [-0.15, -0.1) is 0 Å². The second-order valence-electron chi connectivity index (χ2n) is 7.21. The number of nitrogens with one attached hydrogen (secondary N) is 1. The van der Waals surface area contributed by atoms with Crippen LogP contribution >= 0.6 is 12.2 Å². The van der Waals surface area contributed by atoms with Crippen LogP contribution in [0.3, 0.4) is 0 Å². The zero-order valence-electron chi connectivity index (χ0n) is 14.3. The minimum absolute atomic E-state index is 0.545. The Morgan fingerprint density at radius 2 is 1.74 bits per heavy atom. The largest absolute Gasteiger partial charge is 0.376 e. The van der Waals surface area contributed by atoms with E-state index in [-0.39, 0.29) is 0 Å². The summed E-state index contributed by atoms with van der Waals surface area (Å²) in [7, 11) is 0. The molecule has 3 N–H and O–H groups in total. The van der Waals surface area contributed by atoms with E-state index in [2.05, 4.69) is 36.1 Å². The average molecular weight is 333 g/mol. The van der Waals surface area contributed by atoms with Crippen molar-refractivity contribution >= 4 is 17.3 Å². The summed E-state index contributed by atoms with van der Waals surface area (Å²) in [6.07, 6.45) is 6.98. The Bertz CT molecular complexity index is 514. The molecule has 0 radical (unpaired) electrons. The molecule has 0 unspecified atom stereocenters. The average Bonchev–Trinajstić information content (AvgIpc) is 2.62. The molecule has 0 spiro atoms. The number of hydrogen-bond acceptors (Lipinski definition) is 1. The number of nitrogens with two attached hydrogens (primary N) is 1. The SMILES string of the molecule is C[C@@H](c1ccc(C2CCCCC2)cc1)[NH+]1CCN(C(N)=S)CC1. The van der Waals surface area contributed by atoms with Crippen LogP contribution in [-0.4, -0.2) is 36.2 Å². The van der Waals surface area contributed by atoms with Gasteiger partial charge in [-0.25, -0.2) is 0 Å². The molecule has 1 heterocycles. The van der Waals surface area contributed by atoms with Crippen molar-refractivity contribution in [1.82, 2.24) is 4.90 Å². The van der Waals surface area contributed by atoms with Gasteiger partial charge in [-0.3, -0.25) is 0 Å². The van der Waals surface area contributed by atoms with Gasteiger partial charge in [-0.05, 0) is 43.5 Å². The zero-order valence-corrected chi connectivity index (χ0v) is 15.1. The van der Waals surface area contributed by atoms with Gasteiger partial charge < -0.3 is 15.5 Å².